The fraction of sp³-hybridized carbons (Fsp3) is 0.667. The Labute approximate surface area is 171 Å². The van der Waals surface area contributed by atoms with Crippen LogP contribution in [0, 0.1) is 0 Å². The molecule has 0 aliphatic rings. The van der Waals surface area contributed by atoms with E-state index in [9.17, 15) is 9.59 Å². The Morgan fingerprint density at radius 3 is 2.25 bits per heavy atom. The highest BCUT2D eigenvalue weighted by atomic mass is 32.2. The van der Waals surface area contributed by atoms with Gasteiger partial charge in [-0.3, -0.25) is 14.3 Å². The average molecular weight is 407 g/mol. The lowest BCUT2D eigenvalue weighted by molar-refractivity contribution is 0.563. The number of nitrogens with one attached hydrogen (secondary N) is 1. The topological polar surface area (TPSA) is 72.7 Å². The molecular formula is C21H34N4O2S. The number of rotatable bonds is 14. The number of fused-ring (bicyclic) bond motifs is 1. The molecule has 2 aromatic rings. The van der Waals surface area contributed by atoms with Gasteiger partial charge in [0, 0.05) is 19.3 Å². The highest BCUT2D eigenvalue weighted by molar-refractivity contribution is 7.99. The van der Waals surface area contributed by atoms with E-state index in [1.807, 2.05) is 4.57 Å². The molecule has 28 heavy (non-hydrogen) atoms. The van der Waals surface area contributed by atoms with E-state index >= 15 is 0 Å². The van der Waals surface area contributed by atoms with Crippen molar-refractivity contribution in [1.29, 1.82) is 0 Å². The molecule has 2 aromatic heterocycles. The SMILES string of the molecule is C=CCn1c(SCCCCCCCCCCCC)nc2c1c(=O)[nH]c(=O)n2C. The van der Waals surface area contributed by atoms with E-state index in [4.69, 9.17) is 0 Å². The third kappa shape index (κ3) is 6.12. The first-order valence-electron chi connectivity index (χ1n) is 10.5. The summed E-state index contributed by atoms with van der Waals surface area (Å²) in [7, 11) is 1.63. The normalized spacial score (nSPS) is 11.4. The Kier molecular flexibility index (Phi) is 9.61. The highest BCUT2D eigenvalue weighted by Gasteiger charge is 2.16. The fourth-order valence-corrected chi connectivity index (χ4v) is 4.38. The van der Waals surface area contributed by atoms with Crippen molar-refractivity contribution in [2.24, 2.45) is 7.05 Å². The van der Waals surface area contributed by atoms with E-state index < -0.39 is 11.2 Å². The molecule has 0 aliphatic heterocycles. The number of hydrogen-bond donors (Lipinski definition) is 1. The molecule has 0 aliphatic carbocycles. The number of nitrogens with zero attached hydrogens (tertiary/aromatic N) is 3. The molecule has 0 amide bonds. The molecule has 0 saturated heterocycles. The smallest absolute Gasteiger partial charge is 0.309 e. The predicted molar refractivity (Wildman–Crippen MR) is 118 cm³/mol. The first-order chi connectivity index (χ1) is 13.6. The zero-order chi connectivity index (χ0) is 20.4. The zero-order valence-corrected chi connectivity index (χ0v) is 18.2. The third-order valence-corrected chi connectivity index (χ3v) is 6.08. The summed E-state index contributed by atoms with van der Waals surface area (Å²) in [6, 6.07) is 0. The summed E-state index contributed by atoms with van der Waals surface area (Å²) in [5.74, 6) is 0.961. The van der Waals surface area contributed by atoms with Crippen LogP contribution in [0.1, 0.15) is 71.1 Å². The van der Waals surface area contributed by atoms with Gasteiger partial charge in [0.25, 0.3) is 5.56 Å². The number of thioether (sulfide) groups is 1. The van der Waals surface area contributed by atoms with Crippen LogP contribution >= 0.6 is 11.8 Å². The van der Waals surface area contributed by atoms with Gasteiger partial charge in [-0.1, -0.05) is 82.5 Å². The largest absolute Gasteiger partial charge is 0.329 e. The highest BCUT2D eigenvalue weighted by Crippen LogP contribution is 2.23. The second-order valence-electron chi connectivity index (χ2n) is 7.31. The maximum atomic E-state index is 12.2. The van der Waals surface area contributed by atoms with Crippen LogP contribution in [-0.4, -0.2) is 24.9 Å². The predicted octanol–water partition coefficient (Wildman–Crippen LogP) is 4.62. The van der Waals surface area contributed by atoms with Crippen LogP contribution in [-0.2, 0) is 13.6 Å². The van der Waals surface area contributed by atoms with E-state index in [2.05, 4.69) is 23.5 Å². The van der Waals surface area contributed by atoms with Crippen molar-refractivity contribution in [2.45, 2.75) is 82.8 Å². The van der Waals surface area contributed by atoms with Crippen molar-refractivity contribution in [2.75, 3.05) is 5.75 Å². The van der Waals surface area contributed by atoms with Gasteiger partial charge >= 0.3 is 5.69 Å². The molecule has 0 unspecified atom stereocenters. The minimum absolute atomic E-state index is 0.391. The molecule has 0 aromatic carbocycles. The monoisotopic (exact) mass is 406 g/mol. The van der Waals surface area contributed by atoms with Gasteiger partial charge in [-0.15, -0.1) is 6.58 Å². The molecule has 1 N–H and O–H groups in total. The molecule has 0 fully saturated rings. The number of aromatic nitrogens is 4. The number of aryl methyl sites for hydroxylation is 1. The fourth-order valence-electron chi connectivity index (χ4n) is 3.38. The summed E-state index contributed by atoms with van der Waals surface area (Å²) in [4.78, 5) is 31.0. The van der Waals surface area contributed by atoms with Crippen LogP contribution in [0.25, 0.3) is 11.2 Å². The lowest BCUT2D eigenvalue weighted by atomic mass is 10.1. The Morgan fingerprint density at radius 1 is 1.04 bits per heavy atom. The van der Waals surface area contributed by atoms with E-state index in [1.165, 1.54) is 62.4 Å². The molecule has 0 atom stereocenters. The Bertz CT molecular complexity index is 866. The third-order valence-electron chi connectivity index (χ3n) is 5.01. The van der Waals surface area contributed by atoms with Crippen molar-refractivity contribution in [3.05, 3.63) is 33.5 Å². The quantitative estimate of drug-likeness (QED) is 0.282. The summed E-state index contributed by atoms with van der Waals surface area (Å²) in [5, 5.41) is 0.775. The minimum atomic E-state index is -0.438. The van der Waals surface area contributed by atoms with Gasteiger partial charge in [-0.25, -0.2) is 9.78 Å². The number of imidazole rings is 1. The van der Waals surface area contributed by atoms with Crippen molar-refractivity contribution >= 4 is 22.9 Å². The van der Waals surface area contributed by atoms with Crippen molar-refractivity contribution < 1.29 is 0 Å². The summed E-state index contributed by atoms with van der Waals surface area (Å²) >= 11 is 1.65. The Morgan fingerprint density at radius 2 is 1.64 bits per heavy atom. The first-order valence-corrected chi connectivity index (χ1v) is 11.5. The van der Waals surface area contributed by atoms with Gasteiger partial charge < -0.3 is 4.57 Å². The van der Waals surface area contributed by atoms with Crippen LogP contribution < -0.4 is 11.2 Å². The molecule has 2 rings (SSSR count). The number of H-pyrrole nitrogens is 1. The maximum absolute atomic E-state index is 12.2. The summed E-state index contributed by atoms with van der Waals surface area (Å²) in [6.07, 6.45) is 14.9. The maximum Gasteiger partial charge on any atom is 0.329 e. The lowest BCUT2D eigenvalue weighted by Gasteiger charge is -2.05. The minimum Gasteiger partial charge on any atom is -0.309 e. The second-order valence-corrected chi connectivity index (χ2v) is 8.38. The molecule has 2 heterocycles. The van der Waals surface area contributed by atoms with Gasteiger partial charge in [0.1, 0.15) is 0 Å². The van der Waals surface area contributed by atoms with Crippen LogP contribution in [0.15, 0.2) is 27.4 Å². The zero-order valence-electron chi connectivity index (χ0n) is 17.3. The van der Waals surface area contributed by atoms with Crippen LogP contribution in [0.4, 0.5) is 0 Å². The number of aromatic amines is 1. The van der Waals surface area contributed by atoms with Crippen LogP contribution in [0.3, 0.4) is 0 Å². The standard InChI is InChI=1S/C21H34N4O2S/c1-4-6-7-8-9-10-11-12-13-14-16-28-21-22-18-17(25(21)15-5-2)19(26)23-20(27)24(18)3/h5H,2,4,6-16H2,1,3H3,(H,23,26,27). The van der Waals surface area contributed by atoms with Gasteiger partial charge in [0.05, 0.1) is 0 Å². The van der Waals surface area contributed by atoms with Gasteiger partial charge in [0.2, 0.25) is 0 Å². The molecule has 0 bridgehead atoms. The van der Waals surface area contributed by atoms with E-state index in [1.54, 1.807) is 24.9 Å². The number of hydrogen-bond acceptors (Lipinski definition) is 4. The molecule has 6 nitrogen and oxygen atoms in total. The summed E-state index contributed by atoms with van der Waals surface area (Å²) in [5.41, 5.74) is 0.0407. The van der Waals surface area contributed by atoms with Crippen LogP contribution in [0.2, 0.25) is 0 Å². The summed E-state index contributed by atoms with van der Waals surface area (Å²) < 4.78 is 3.24. The molecule has 0 spiro atoms. The number of unbranched alkanes of at least 4 members (excludes halogenated alkanes) is 9. The van der Waals surface area contributed by atoms with Crippen LogP contribution in [0.5, 0.6) is 0 Å². The van der Waals surface area contributed by atoms with Gasteiger partial charge in [-0.2, -0.15) is 0 Å². The van der Waals surface area contributed by atoms with Crippen molar-refractivity contribution in [3.63, 3.8) is 0 Å². The average Bonchev–Trinajstić information content (AvgIpc) is 3.04. The van der Waals surface area contributed by atoms with E-state index in [0.717, 1.165) is 17.3 Å². The molecule has 7 heteroatoms. The Balaban J connectivity index is 1.83. The van der Waals surface area contributed by atoms with E-state index in [0.29, 0.717) is 17.7 Å². The summed E-state index contributed by atoms with van der Waals surface area (Å²) in [6.45, 7) is 6.53. The van der Waals surface area contributed by atoms with Crippen molar-refractivity contribution in [1.82, 2.24) is 19.1 Å². The van der Waals surface area contributed by atoms with Gasteiger partial charge in [-0.05, 0) is 6.42 Å². The first kappa shape index (κ1) is 22.5. The van der Waals surface area contributed by atoms with E-state index in [-0.39, 0.29) is 0 Å². The second kappa shape index (κ2) is 11.9. The molecular weight excluding hydrogens is 372 g/mol. The van der Waals surface area contributed by atoms with Gasteiger partial charge in [0.15, 0.2) is 16.3 Å². The van der Waals surface area contributed by atoms with Crippen molar-refractivity contribution in [3.8, 4) is 0 Å². The Hall–Kier alpha value is -1.76. The molecule has 156 valence electrons. The molecule has 0 radical (unpaired) electrons. The number of allylic oxidation sites excluding steroid dienone is 1. The molecule has 0 saturated carbocycles. The lowest BCUT2D eigenvalue weighted by Crippen LogP contribution is -2.29.